The molecule has 13 heteroatoms. The summed E-state index contributed by atoms with van der Waals surface area (Å²) in [6, 6.07) is 0.986. The number of alkyl halides is 3. The Morgan fingerprint density at radius 2 is 2.06 bits per heavy atom. The Labute approximate surface area is 203 Å². The summed E-state index contributed by atoms with van der Waals surface area (Å²) < 4.78 is 60.2. The number of ether oxygens (including phenoxy) is 1. The van der Waals surface area contributed by atoms with E-state index in [4.69, 9.17) is 10.5 Å². The van der Waals surface area contributed by atoms with Crippen molar-refractivity contribution >= 4 is 34.2 Å². The van der Waals surface area contributed by atoms with E-state index in [1.807, 2.05) is 0 Å². The predicted octanol–water partition coefficient (Wildman–Crippen LogP) is 4.03. The van der Waals surface area contributed by atoms with Gasteiger partial charge in [-0.05, 0) is 38.3 Å². The summed E-state index contributed by atoms with van der Waals surface area (Å²) in [5, 5.41) is 7.38. The average Bonchev–Trinajstić information content (AvgIpc) is 3.31. The molecular weight excluding hydrogens is 484 g/mol. The Bertz CT molecular complexity index is 1300. The number of rotatable bonds is 4. The number of carbonyl (C=O) groups is 2. The third-order valence-electron chi connectivity index (χ3n) is 6.17. The first kappa shape index (κ1) is 25.4. The largest absolute Gasteiger partial charge is 0.416 e. The van der Waals surface area contributed by atoms with Gasteiger partial charge in [0.15, 0.2) is 0 Å². The monoisotopic (exact) mass is 508 g/mol. The normalized spacial score (nSPS) is 17.1. The first-order chi connectivity index (χ1) is 17.0. The molecule has 4 rings (SSSR count). The number of nitrogens with zero attached hydrogens (tertiary/aromatic N) is 4. The van der Waals surface area contributed by atoms with Crippen LogP contribution in [0.4, 0.5) is 29.1 Å². The minimum Gasteiger partial charge on any atom is -0.383 e. The molecule has 0 bridgehead atoms. The van der Waals surface area contributed by atoms with Gasteiger partial charge in [0.1, 0.15) is 23.4 Å². The molecule has 192 valence electrons. The molecule has 1 fully saturated rings. The maximum Gasteiger partial charge on any atom is 0.416 e. The van der Waals surface area contributed by atoms with Crippen molar-refractivity contribution in [2.45, 2.75) is 44.6 Å². The van der Waals surface area contributed by atoms with Crippen LogP contribution >= 0.6 is 0 Å². The number of likely N-dealkylation sites (N-methyl/N-ethyl adjacent to an activating group) is 1. The van der Waals surface area contributed by atoms with Crippen LogP contribution in [0, 0.1) is 5.82 Å². The Balaban J connectivity index is 1.53. The first-order valence-electron chi connectivity index (χ1n) is 11.2. The number of benzene rings is 1. The zero-order valence-corrected chi connectivity index (χ0v) is 19.5. The molecule has 2 amide bonds. The van der Waals surface area contributed by atoms with Crippen molar-refractivity contribution in [3.8, 4) is 0 Å². The molecule has 0 spiro atoms. The predicted molar refractivity (Wildman–Crippen MR) is 122 cm³/mol. The van der Waals surface area contributed by atoms with Gasteiger partial charge in [-0.3, -0.25) is 9.59 Å². The second kappa shape index (κ2) is 9.72. The topological polar surface area (TPSA) is 115 Å². The second-order valence-corrected chi connectivity index (χ2v) is 8.53. The highest BCUT2D eigenvalue weighted by Crippen LogP contribution is 2.33. The van der Waals surface area contributed by atoms with Crippen LogP contribution in [0.2, 0.25) is 0 Å². The van der Waals surface area contributed by atoms with Gasteiger partial charge in [0.05, 0.1) is 28.9 Å². The number of halogens is 4. The summed E-state index contributed by atoms with van der Waals surface area (Å²) in [5.41, 5.74) is 5.08. The minimum atomic E-state index is -4.71. The smallest absolute Gasteiger partial charge is 0.383 e. The van der Waals surface area contributed by atoms with Crippen molar-refractivity contribution < 1.29 is 31.9 Å². The molecule has 36 heavy (non-hydrogen) atoms. The quantitative estimate of drug-likeness (QED) is 0.406. The van der Waals surface area contributed by atoms with Gasteiger partial charge in [0, 0.05) is 25.4 Å². The summed E-state index contributed by atoms with van der Waals surface area (Å²) in [6.07, 6.45) is 0.599. The van der Waals surface area contributed by atoms with Crippen molar-refractivity contribution in [1.29, 1.82) is 0 Å². The highest BCUT2D eigenvalue weighted by atomic mass is 19.4. The van der Waals surface area contributed by atoms with Crippen molar-refractivity contribution in [3.63, 3.8) is 0 Å². The summed E-state index contributed by atoms with van der Waals surface area (Å²) >= 11 is 0. The number of aromatic nitrogens is 3. The molecule has 1 aliphatic heterocycles. The van der Waals surface area contributed by atoms with Crippen LogP contribution in [0.5, 0.6) is 0 Å². The van der Waals surface area contributed by atoms with Crippen molar-refractivity contribution in [1.82, 2.24) is 19.7 Å². The molecule has 0 aliphatic carbocycles. The Kier molecular flexibility index (Phi) is 6.85. The van der Waals surface area contributed by atoms with Gasteiger partial charge in [-0.25, -0.2) is 14.1 Å². The zero-order valence-electron chi connectivity index (χ0n) is 19.5. The molecule has 2 unspecified atom stereocenters. The van der Waals surface area contributed by atoms with Crippen LogP contribution in [0.15, 0.2) is 30.6 Å². The number of amides is 2. The maximum atomic E-state index is 14.4. The molecule has 2 atom stereocenters. The third-order valence-corrected chi connectivity index (χ3v) is 6.17. The van der Waals surface area contributed by atoms with E-state index < -0.39 is 35.4 Å². The fourth-order valence-electron chi connectivity index (χ4n) is 3.98. The van der Waals surface area contributed by atoms with Crippen LogP contribution in [-0.4, -0.2) is 45.1 Å². The lowest BCUT2D eigenvalue weighted by atomic mass is 10.0. The second-order valence-electron chi connectivity index (χ2n) is 8.53. The van der Waals surface area contributed by atoms with Gasteiger partial charge in [0.2, 0.25) is 0 Å². The van der Waals surface area contributed by atoms with E-state index in [1.54, 1.807) is 10.9 Å². The van der Waals surface area contributed by atoms with Gasteiger partial charge < -0.3 is 20.7 Å². The van der Waals surface area contributed by atoms with E-state index in [0.717, 1.165) is 36.3 Å². The Morgan fingerprint density at radius 3 is 2.69 bits per heavy atom. The number of pyridine rings is 1. The van der Waals surface area contributed by atoms with Crippen LogP contribution in [0.25, 0.3) is 10.9 Å². The Hall–Kier alpha value is -3.74. The van der Waals surface area contributed by atoms with E-state index in [9.17, 15) is 27.2 Å². The SMILES string of the molecule is CC(c1ccc(C(F)(F)F)cc1F)N(C)C(=O)C(=O)Nc1cnc(N)c2cn(C3CCCCO3)nc12. The maximum absolute atomic E-state index is 14.4. The molecule has 3 aromatic rings. The molecule has 1 aliphatic rings. The van der Waals surface area contributed by atoms with Gasteiger partial charge in [-0.15, -0.1) is 0 Å². The minimum absolute atomic E-state index is 0.133. The van der Waals surface area contributed by atoms with E-state index >= 15 is 0 Å². The Morgan fingerprint density at radius 1 is 1.31 bits per heavy atom. The van der Waals surface area contributed by atoms with Crippen molar-refractivity contribution in [3.05, 3.63) is 47.5 Å². The molecule has 1 saturated heterocycles. The lowest BCUT2D eigenvalue weighted by Crippen LogP contribution is -2.39. The molecule has 0 radical (unpaired) electrons. The standard InChI is InChI=1S/C23H24F4N6O3/c1-12(14-7-6-13(9-16(14)24)23(25,26)27)32(2)22(35)21(34)30-17-10-29-20(28)15-11-33(31-19(15)17)18-5-3-4-8-36-18/h6-7,9-12,18H,3-5,8H2,1-2H3,(H2,28,29)(H,30,34). The summed E-state index contributed by atoms with van der Waals surface area (Å²) in [5.74, 6) is -3.06. The van der Waals surface area contributed by atoms with Crippen LogP contribution < -0.4 is 11.1 Å². The molecule has 1 aromatic carbocycles. The molecular formula is C23H24F4N6O3. The third kappa shape index (κ3) is 4.96. The fraction of sp³-hybridized carbons (Fsp3) is 0.391. The number of anilines is 2. The fourth-order valence-corrected chi connectivity index (χ4v) is 3.98. The number of hydrogen-bond donors (Lipinski definition) is 2. The van der Waals surface area contributed by atoms with E-state index in [0.29, 0.717) is 23.6 Å². The van der Waals surface area contributed by atoms with Gasteiger partial charge >= 0.3 is 18.0 Å². The first-order valence-corrected chi connectivity index (χ1v) is 11.2. The van der Waals surface area contributed by atoms with Crippen LogP contribution in [0.3, 0.4) is 0 Å². The van der Waals surface area contributed by atoms with Gasteiger partial charge in [0.25, 0.3) is 0 Å². The van der Waals surface area contributed by atoms with Crippen LogP contribution in [-0.2, 0) is 20.5 Å². The summed E-state index contributed by atoms with van der Waals surface area (Å²) in [7, 11) is 1.25. The average molecular weight is 508 g/mol. The summed E-state index contributed by atoms with van der Waals surface area (Å²) in [6.45, 7) is 1.99. The summed E-state index contributed by atoms with van der Waals surface area (Å²) in [4.78, 5) is 30.5. The van der Waals surface area contributed by atoms with Gasteiger partial charge in [-0.2, -0.15) is 18.3 Å². The lowest BCUT2D eigenvalue weighted by molar-refractivity contribution is -0.143. The number of nitrogens with two attached hydrogens (primary N) is 1. The van der Waals surface area contributed by atoms with E-state index in [-0.39, 0.29) is 23.3 Å². The number of carbonyl (C=O) groups excluding carboxylic acids is 2. The number of fused-ring (bicyclic) bond motifs is 1. The number of nitrogen functional groups attached to an aromatic ring is 1. The molecule has 2 aromatic heterocycles. The number of hydrogen-bond acceptors (Lipinski definition) is 6. The van der Waals surface area contributed by atoms with E-state index in [1.165, 1.54) is 20.2 Å². The highest BCUT2D eigenvalue weighted by Gasteiger charge is 2.33. The molecule has 3 heterocycles. The highest BCUT2D eigenvalue weighted by molar-refractivity contribution is 6.40. The number of nitrogens with one attached hydrogen (secondary N) is 1. The molecule has 3 N–H and O–H groups in total. The molecule has 0 saturated carbocycles. The lowest BCUT2D eigenvalue weighted by Gasteiger charge is -2.25. The zero-order chi connectivity index (χ0) is 26.2. The van der Waals surface area contributed by atoms with Gasteiger partial charge in [-0.1, -0.05) is 6.07 Å². The van der Waals surface area contributed by atoms with E-state index in [2.05, 4.69) is 15.4 Å². The van der Waals surface area contributed by atoms with Crippen molar-refractivity contribution in [2.75, 3.05) is 24.7 Å². The molecule has 9 nitrogen and oxygen atoms in total. The van der Waals surface area contributed by atoms with Crippen molar-refractivity contribution in [2.24, 2.45) is 0 Å². The van der Waals surface area contributed by atoms with Crippen LogP contribution in [0.1, 0.15) is 49.6 Å².